The van der Waals surface area contributed by atoms with Crippen molar-refractivity contribution in [2.24, 2.45) is 0 Å². The Morgan fingerprint density at radius 2 is 2.21 bits per heavy atom. The minimum Gasteiger partial charge on any atom is -0.399 e. The van der Waals surface area contributed by atoms with Crippen molar-refractivity contribution in [1.82, 2.24) is 4.90 Å². The Morgan fingerprint density at radius 3 is 2.84 bits per heavy atom. The number of morpholine rings is 1. The largest absolute Gasteiger partial charge is 0.399 e. The van der Waals surface area contributed by atoms with E-state index in [0.29, 0.717) is 24.3 Å². The molecule has 1 aromatic carbocycles. The molecule has 0 aromatic heterocycles. The Bertz CT molecular complexity index is 502. The lowest BCUT2D eigenvalue weighted by Crippen LogP contribution is -2.53. The van der Waals surface area contributed by atoms with Crippen LogP contribution >= 0.6 is 15.9 Å². The maximum atomic E-state index is 12.6. The van der Waals surface area contributed by atoms with Crippen LogP contribution in [-0.2, 0) is 4.74 Å². The highest BCUT2D eigenvalue weighted by Gasteiger charge is 2.34. The predicted octanol–water partition coefficient (Wildman–Crippen LogP) is 2.67. The van der Waals surface area contributed by atoms with Crippen molar-refractivity contribution in [2.75, 3.05) is 18.8 Å². The number of ether oxygens (including phenoxy) is 1. The van der Waals surface area contributed by atoms with Crippen LogP contribution in [0.4, 0.5) is 5.69 Å². The molecule has 2 N–H and O–H groups in total. The van der Waals surface area contributed by atoms with E-state index in [2.05, 4.69) is 15.9 Å². The van der Waals surface area contributed by atoms with Crippen LogP contribution < -0.4 is 5.73 Å². The molecular weight excluding hydrogens is 308 g/mol. The topological polar surface area (TPSA) is 55.6 Å². The fraction of sp³-hybridized carbons (Fsp3) is 0.500. The van der Waals surface area contributed by atoms with Crippen LogP contribution in [0.2, 0.25) is 0 Å². The Kier molecular flexibility index (Phi) is 3.87. The van der Waals surface area contributed by atoms with E-state index >= 15 is 0 Å². The maximum Gasteiger partial charge on any atom is 0.255 e. The van der Waals surface area contributed by atoms with Crippen molar-refractivity contribution < 1.29 is 9.53 Å². The van der Waals surface area contributed by atoms with Gasteiger partial charge in [0.15, 0.2) is 0 Å². The molecule has 1 aliphatic heterocycles. The Hall–Kier alpha value is -1.07. The number of nitrogen functional groups attached to an aromatic ring is 1. The summed E-state index contributed by atoms with van der Waals surface area (Å²) in [5, 5.41) is 0. The van der Waals surface area contributed by atoms with Crippen molar-refractivity contribution >= 4 is 27.5 Å². The van der Waals surface area contributed by atoms with Gasteiger partial charge in [0.25, 0.3) is 5.91 Å². The summed E-state index contributed by atoms with van der Waals surface area (Å²) in [5.41, 5.74) is 6.63. The van der Waals surface area contributed by atoms with E-state index < -0.39 is 0 Å². The number of carbonyl (C=O) groups is 1. The van der Waals surface area contributed by atoms with E-state index in [1.54, 1.807) is 18.2 Å². The molecular formula is C14H19BrN2O2. The van der Waals surface area contributed by atoms with E-state index in [-0.39, 0.29) is 17.6 Å². The fourth-order valence-corrected chi connectivity index (χ4v) is 2.90. The highest BCUT2D eigenvalue weighted by Crippen LogP contribution is 2.26. The third kappa shape index (κ3) is 3.28. The summed E-state index contributed by atoms with van der Waals surface area (Å²) in [6.07, 6.45) is 0.0348. The van der Waals surface area contributed by atoms with Crippen LogP contribution in [0.5, 0.6) is 0 Å². The molecule has 5 heteroatoms. The lowest BCUT2D eigenvalue weighted by Gasteiger charge is -2.41. The smallest absolute Gasteiger partial charge is 0.255 e. The number of halogens is 1. The third-order valence-corrected chi connectivity index (χ3v) is 3.77. The van der Waals surface area contributed by atoms with Gasteiger partial charge in [0.2, 0.25) is 0 Å². The molecule has 1 aromatic rings. The molecule has 1 fully saturated rings. The number of carbonyl (C=O) groups excluding carboxylic acids is 1. The van der Waals surface area contributed by atoms with E-state index in [9.17, 15) is 4.79 Å². The summed E-state index contributed by atoms with van der Waals surface area (Å²) in [4.78, 5) is 14.4. The van der Waals surface area contributed by atoms with Crippen LogP contribution in [-0.4, -0.2) is 35.6 Å². The van der Waals surface area contributed by atoms with Gasteiger partial charge in [0.05, 0.1) is 17.3 Å². The van der Waals surface area contributed by atoms with Gasteiger partial charge in [-0.2, -0.15) is 0 Å². The molecule has 0 bridgehead atoms. The molecule has 1 amide bonds. The standard InChI is InChI=1S/C14H19BrN2O2/c1-9-7-17(8-14(2,3)19-9)13(18)11-6-10(16)4-5-12(11)15/h4-6,9H,7-8,16H2,1-3H3. The zero-order valence-electron chi connectivity index (χ0n) is 11.4. The highest BCUT2D eigenvalue weighted by molar-refractivity contribution is 9.10. The van der Waals surface area contributed by atoms with Gasteiger partial charge in [-0.25, -0.2) is 0 Å². The van der Waals surface area contributed by atoms with Gasteiger partial charge in [-0.1, -0.05) is 0 Å². The predicted molar refractivity (Wildman–Crippen MR) is 79.1 cm³/mol. The number of hydrogen-bond donors (Lipinski definition) is 1. The number of rotatable bonds is 1. The van der Waals surface area contributed by atoms with Gasteiger partial charge >= 0.3 is 0 Å². The summed E-state index contributed by atoms with van der Waals surface area (Å²) >= 11 is 3.41. The normalized spacial score (nSPS) is 22.3. The maximum absolute atomic E-state index is 12.6. The zero-order valence-corrected chi connectivity index (χ0v) is 13.0. The first-order valence-electron chi connectivity index (χ1n) is 6.30. The first kappa shape index (κ1) is 14.3. The molecule has 1 aliphatic rings. The number of anilines is 1. The molecule has 1 atom stereocenters. The molecule has 0 spiro atoms. The van der Waals surface area contributed by atoms with Gasteiger partial charge in [-0.05, 0) is 54.9 Å². The average Bonchev–Trinajstić information content (AvgIpc) is 2.29. The van der Waals surface area contributed by atoms with Crippen molar-refractivity contribution in [3.63, 3.8) is 0 Å². The van der Waals surface area contributed by atoms with Gasteiger partial charge in [-0.15, -0.1) is 0 Å². The van der Waals surface area contributed by atoms with Crippen molar-refractivity contribution in [3.05, 3.63) is 28.2 Å². The average molecular weight is 327 g/mol. The quantitative estimate of drug-likeness (QED) is 0.807. The summed E-state index contributed by atoms with van der Waals surface area (Å²) in [6.45, 7) is 7.16. The summed E-state index contributed by atoms with van der Waals surface area (Å²) in [5.74, 6) is -0.0117. The van der Waals surface area contributed by atoms with Gasteiger partial charge in [0.1, 0.15) is 0 Å². The molecule has 1 unspecified atom stereocenters. The molecule has 4 nitrogen and oxygen atoms in total. The summed E-state index contributed by atoms with van der Waals surface area (Å²) < 4.78 is 6.58. The lowest BCUT2D eigenvalue weighted by atomic mass is 10.0. The number of hydrogen-bond acceptors (Lipinski definition) is 3. The molecule has 2 rings (SSSR count). The monoisotopic (exact) mass is 326 g/mol. The van der Waals surface area contributed by atoms with E-state index in [1.807, 2.05) is 25.7 Å². The molecule has 0 aliphatic carbocycles. The first-order chi connectivity index (χ1) is 8.78. The SMILES string of the molecule is CC1CN(C(=O)c2cc(N)ccc2Br)CC(C)(C)O1. The first-order valence-corrected chi connectivity index (χ1v) is 7.10. The van der Waals surface area contributed by atoms with Crippen molar-refractivity contribution in [2.45, 2.75) is 32.5 Å². The number of nitrogens with two attached hydrogens (primary N) is 1. The van der Waals surface area contributed by atoms with Crippen LogP contribution in [0.1, 0.15) is 31.1 Å². The van der Waals surface area contributed by atoms with Gasteiger partial charge in [0, 0.05) is 23.2 Å². The molecule has 1 heterocycles. The van der Waals surface area contributed by atoms with E-state index in [0.717, 1.165) is 4.47 Å². The van der Waals surface area contributed by atoms with E-state index in [4.69, 9.17) is 10.5 Å². The second-order valence-electron chi connectivity index (χ2n) is 5.61. The van der Waals surface area contributed by atoms with Gasteiger partial charge < -0.3 is 15.4 Å². The molecule has 1 saturated heterocycles. The second kappa shape index (κ2) is 5.13. The van der Waals surface area contributed by atoms with Crippen molar-refractivity contribution in [1.29, 1.82) is 0 Å². The molecule has 104 valence electrons. The van der Waals surface area contributed by atoms with Crippen LogP contribution in [0.25, 0.3) is 0 Å². The molecule has 19 heavy (non-hydrogen) atoms. The minimum absolute atomic E-state index is 0.0117. The van der Waals surface area contributed by atoms with E-state index in [1.165, 1.54) is 0 Å². The zero-order chi connectivity index (χ0) is 14.2. The Balaban J connectivity index is 2.26. The highest BCUT2D eigenvalue weighted by atomic mass is 79.9. The summed E-state index contributed by atoms with van der Waals surface area (Å²) in [6, 6.07) is 5.28. The number of benzene rings is 1. The number of nitrogens with zero attached hydrogens (tertiary/aromatic N) is 1. The Morgan fingerprint density at radius 1 is 1.53 bits per heavy atom. The third-order valence-electron chi connectivity index (χ3n) is 3.08. The molecule has 0 radical (unpaired) electrons. The second-order valence-corrected chi connectivity index (χ2v) is 6.47. The molecule has 0 saturated carbocycles. The minimum atomic E-state index is -0.319. The fourth-order valence-electron chi connectivity index (χ4n) is 2.49. The van der Waals surface area contributed by atoms with Gasteiger partial charge in [-0.3, -0.25) is 4.79 Å². The van der Waals surface area contributed by atoms with Crippen LogP contribution in [0.3, 0.4) is 0 Å². The lowest BCUT2D eigenvalue weighted by molar-refractivity contribution is -0.118. The van der Waals surface area contributed by atoms with Crippen LogP contribution in [0.15, 0.2) is 22.7 Å². The summed E-state index contributed by atoms with van der Waals surface area (Å²) in [7, 11) is 0. The van der Waals surface area contributed by atoms with Crippen LogP contribution in [0, 0.1) is 0 Å². The van der Waals surface area contributed by atoms with Crippen molar-refractivity contribution in [3.8, 4) is 0 Å². The Labute approximate surface area is 122 Å². The number of amides is 1.